The summed E-state index contributed by atoms with van der Waals surface area (Å²) in [4.78, 5) is 5.59. The normalized spacial score (nSPS) is 21.8. The molecule has 0 aromatic carbocycles. The van der Waals surface area contributed by atoms with Gasteiger partial charge in [0.05, 0.1) is 5.01 Å². The van der Waals surface area contributed by atoms with E-state index in [0.717, 1.165) is 24.0 Å². The van der Waals surface area contributed by atoms with Crippen LogP contribution in [0.25, 0.3) is 0 Å². The number of rotatable bonds is 4. The van der Waals surface area contributed by atoms with E-state index >= 15 is 0 Å². The van der Waals surface area contributed by atoms with Gasteiger partial charge in [0, 0.05) is 17.6 Å². The zero-order valence-electron chi connectivity index (χ0n) is 9.25. The van der Waals surface area contributed by atoms with Gasteiger partial charge in [0.1, 0.15) is 0 Å². The van der Waals surface area contributed by atoms with Crippen molar-refractivity contribution in [3.63, 3.8) is 0 Å². The van der Waals surface area contributed by atoms with Gasteiger partial charge in [-0.1, -0.05) is 0 Å². The lowest BCUT2D eigenvalue weighted by molar-refractivity contribution is 0.360. The maximum Gasteiger partial charge on any atom is 0.0897 e. The van der Waals surface area contributed by atoms with Crippen LogP contribution in [0.1, 0.15) is 22.7 Å². The van der Waals surface area contributed by atoms with Crippen molar-refractivity contribution < 1.29 is 0 Å². The zero-order chi connectivity index (χ0) is 10.5. The van der Waals surface area contributed by atoms with Crippen LogP contribution in [0.4, 0.5) is 0 Å². The summed E-state index contributed by atoms with van der Waals surface area (Å²) in [6.07, 6.45) is 4.67. The highest BCUT2D eigenvalue weighted by molar-refractivity contribution is 7.11. The van der Waals surface area contributed by atoms with Crippen LogP contribution in [-0.4, -0.2) is 24.6 Å². The fraction of sp³-hybridized carbons (Fsp3) is 0.727. The van der Waals surface area contributed by atoms with E-state index in [4.69, 9.17) is 0 Å². The molecule has 0 bridgehead atoms. The van der Waals surface area contributed by atoms with E-state index in [1.807, 2.05) is 6.20 Å². The molecule has 84 valence electrons. The van der Waals surface area contributed by atoms with Gasteiger partial charge in [0.2, 0.25) is 0 Å². The first-order valence-electron chi connectivity index (χ1n) is 5.67. The highest BCUT2D eigenvalue weighted by Gasteiger charge is 2.11. The van der Waals surface area contributed by atoms with E-state index in [1.54, 1.807) is 11.3 Å². The van der Waals surface area contributed by atoms with Gasteiger partial charge in [-0.15, -0.1) is 11.3 Å². The maximum atomic E-state index is 4.25. The quantitative estimate of drug-likeness (QED) is 0.816. The Labute approximate surface area is 95.3 Å². The van der Waals surface area contributed by atoms with E-state index in [-0.39, 0.29) is 0 Å². The van der Waals surface area contributed by atoms with Crippen LogP contribution in [0.15, 0.2) is 6.20 Å². The van der Waals surface area contributed by atoms with Crippen molar-refractivity contribution in [2.24, 2.45) is 5.92 Å². The van der Waals surface area contributed by atoms with Crippen molar-refractivity contribution >= 4 is 11.3 Å². The molecule has 1 aliphatic heterocycles. The molecule has 1 atom stereocenters. The number of aromatic nitrogens is 1. The summed E-state index contributed by atoms with van der Waals surface area (Å²) in [5.41, 5.74) is 0. The number of piperidine rings is 1. The molecule has 0 radical (unpaired) electrons. The van der Waals surface area contributed by atoms with Crippen LogP contribution in [0.5, 0.6) is 0 Å². The maximum absolute atomic E-state index is 4.25. The summed E-state index contributed by atoms with van der Waals surface area (Å²) in [6.45, 7) is 6.53. The van der Waals surface area contributed by atoms with Crippen molar-refractivity contribution in [3.05, 3.63) is 16.1 Å². The summed E-state index contributed by atoms with van der Waals surface area (Å²) in [7, 11) is 0. The molecule has 1 aromatic heterocycles. The Hall–Kier alpha value is -0.450. The van der Waals surface area contributed by atoms with E-state index in [2.05, 4.69) is 22.5 Å². The SMILES string of the molecule is Cc1ncc(CNCC2CCCNC2)s1. The van der Waals surface area contributed by atoms with Gasteiger partial charge in [0.15, 0.2) is 0 Å². The van der Waals surface area contributed by atoms with Crippen LogP contribution >= 0.6 is 11.3 Å². The largest absolute Gasteiger partial charge is 0.316 e. The summed E-state index contributed by atoms with van der Waals surface area (Å²) in [5, 5.41) is 8.11. The van der Waals surface area contributed by atoms with Crippen LogP contribution < -0.4 is 10.6 Å². The number of hydrogen-bond donors (Lipinski definition) is 2. The number of nitrogens with zero attached hydrogens (tertiary/aromatic N) is 1. The molecule has 0 spiro atoms. The van der Waals surface area contributed by atoms with Crippen molar-refractivity contribution in [1.29, 1.82) is 0 Å². The second-order valence-electron chi connectivity index (χ2n) is 4.19. The molecular formula is C11H19N3S. The average molecular weight is 225 g/mol. The number of hydrogen-bond acceptors (Lipinski definition) is 4. The smallest absolute Gasteiger partial charge is 0.0897 e. The van der Waals surface area contributed by atoms with Gasteiger partial charge in [-0.25, -0.2) is 4.98 Å². The highest BCUT2D eigenvalue weighted by atomic mass is 32.1. The predicted octanol–water partition coefficient (Wildman–Crippen LogP) is 1.54. The molecule has 2 rings (SSSR count). The standard InChI is InChI=1S/C11H19N3S/c1-9-14-8-11(15-9)7-13-6-10-3-2-4-12-5-10/h8,10,12-13H,2-7H2,1H3. The lowest BCUT2D eigenvalue weighted by Gasteiger charge is -2.22. The Morgan fingerprint density at radius 3 is 3.27 bits per heavy atom. The Bertz CT molecular complexity index is 292. The fourth-order valence-corrected chi connectivity index (χ4v) is 2.75. The minimum atomic E-state index is 0.813. The monoisotopic (exact) mass is 225 g/mol. The van der Waals surface area contributed by atoms with E-state index < -0.39 is 0 Å². The molecule has 0 aliphatic carbocycles. The van der Waals surface area contributed by atoms with Crippen LogP contribution in [0.2, 0.25) is 0 Å². The number of nitrogens with one attached hydrogen (secondary N) is 2. The predicted molar refractivity (Wildman–Crippen MR) is 64.2 cm³/mol. The molecule has 1 aromatic rings. The Balaban J connectivity index is 1.65. The van der Waals surface area contributed by atoms with E-state index in [9.17, 15) is 0 Å². The lowest BCUT2D eigenvalue weighted by Crippen LogP contribution is -2.35. The van der Waals surface area contributed by atoms with Crippen LogP contribution in [-0.2, 0) is 6.54 Å². The minimum absolute atomic E-state index is 0.813. The van der Waals surface area contributed by atoms with Crippen LogP contribution in [0, 0.1) is 12.8 Å². The third kappa shape index (κ3) is 3.55. The molecule has 0 amide bonds. The number of aryl methyl sites for hydroxylation is 1. The average Bonchev–Trinajstić information content (AvgIpc) is 2.66. The molecule has 1 fully saturated rings. The first kappa shape index (κ1) is 11.0. The van der Waals surface area contributed by atoms with Crippen LogP contribution in [0.3, 0.4) is 0 Å². The first-order chi connectivity index (χ1) is 7.34. The van der Waals surface area contributed by atoms with Crippen molar-refractivity contribution in [3.8, 4) is 0 Å². The van der Waals surface area contributed by atoms with E-state index in [0.29, 0.717) is 0 Å². The summed E-state index contributed by atoms with van der Waals surface area (Å²) in [6, 6.07) is 0. The third-order valence-corrected chi connectivity index (χ3v) is 3.71. The van der Waals surface area contributed by atoms with Gasteiger partial charge in [-0.2, -0.15) is 0 Å². The van der Waals surface area contributed by atoms with Crippen molar-refractivity contribution in [2.75, 3.05) is 19.6 Å². The second-order valence-corrected chi connectivity index (χ2v) is 5.51. The first-order valence-corrected chi connectivity index (χ1v) is 6.49. The Morgan fingerprint density at radius 2 is 2.60 bits per heavy atom. The van der Waals surface area contributed by atoms with Gasteiger partial charge < -0.3 is 10.6 Å². The molecule has 1 unspecified atom stereocenters. The second kappa shape index (κ2) is 5.58. The molecular weight excluding hydrogens is 206 g/mol. The molecule has 1 aliphatic rings. The van der Waals surface area contributed by atoms with Crippen molar-refractivity contribution in [2.45, 2.75) is 26.3 Å². The van der Waals surface area contributed by atoms with Gasteiger partial charge in [-0.3, -0.25) is 0 Å². The summed E-state index contributed by atoms with van der Waals surface area (Å²) < 4.78 is 0. The zero-order valence-corrected chi connectivity index (χ0v) is 10.1. The molecule has 15 heavy (non-hydrogen) atoms. The molecule has 4 heteroatoms. The Morgan fingerprint density at radius 1 is 1.67 bits per heavy atom. The van der Waals surface area contributed by atoms with Crippen molar-refractivity contribution in [1.82, 2.24) is 15.6 Å². The highest BCUT2D eigenvalue weighted by Crippen LogP contribution is 2.12. The molecule has 1 saturated heterocycles. The molecule has 0 saturated carbocycles. The van der Waals surface area contributed by atoms with E-state index in [1.165, 1.54) is 30.8 Å². The minimum Gasteiger partial charge on any atom is -0.316 e. The molecule has 3 nitrogen and oxygen atoms in total. The fourth-order valence-electron chi connectivity index (χ4n) is 1.98. The Kier molecular flexibility index (Phi) is 4.11. The third-order valence-electron chi connectivity index (χ3n) is 2.80. The number of thiazole rings is 1. The van der Waals surface area contributed by atoms with Gasteiger partial charge in [-0.05, 0) is 45.3 Å². The summed E-state index contributed by atoms with van der Waals surface area (Å²) in [5.74, 6) is 0.813. The molecule has 2 heterocycles. The topological polar surface area (TPSA) is 37.0 Å². The molecule has 2 N–H and O–H groups in total. The van der Waals surface area contributed by atoms with Gasteiger partial charge in [0.25, 0.3) is 0 Å². The summed E-state index contributed by atoms with van der Waals surface area (Å²) >= 11 is 1.79. The lowest BCUT2D eigenvalue weighted by atomic mass is 10.00. The van der Waals surface area contributed by atoms with Gasteiger partial charge >= 0.3 is 0 Å².